The third-order valence-corrected chi connectivity index (χ3v) is 3.76. The molecule has 2 aromatic rings. The number of fused-ring (bicyclic) bond motifs is 1. The molecule has 3 rings (SSSR count). The van der Waals surface area contributed by atoms with Crippen LogP contribution < -0.4 is 11.2 Å². The fourth-order valence-electron chi connectivity index (χ4n) is 2.66. The van der Waals surface area contributed by atoms with Gasteiger partial charge >= 0.3 is 0 Å². The smallest absolute Gasteiger partial charge is 0.220 e. The van der Waals surface area contributed by atoms with Gasteiger partial charge in [0.25, 0.3) is 0 Å². The van der Waals surface area contributed by atoms with E-state index in [1.54, 1.807) is 0 Å². The minimum absolute atomic E-state index is 0.0653. The maximum absolute atomic E-state index is 11.1. The molecule has 4 atom stereocenters. The lowest BCUT2D eigenvalue weighted by atomic mass is 10.1. The summed E-state index contributed by atoms with van der Waals surface area (Å²) in [5.41, 5.74) is 8.26. The second-order valence-corrected chi connectivity index (χ2v) is 5.39. The van der Waals surface area contributed by atoms with Crippen molar-refractivity contribution in [1.82, 2.24) is 19.5 Å². The van der Waals surface area contributed by atoms with Crippen LogP contribution in [0.3, 0.4) is 0 Å². The molecule has 2 aromatic heterocycles. The number of rotatable bonds is 5. The zero-order chi connectivity index (χ0) is 18.1. The average molecular weight is 348 g/mol. The second-order valence-electron chi connectivity index (χ2n) is 5.39. The average Bonchev–Trinajstić information content (AvgIpc) is 3.11. The van der Waals surface area contributed by atoms with E-state index in [1.165, 1.54) is 18.0 Å². The molecule has 0 saturated carbocycles. The van der Waals surface area contributed by atoms with E-state index < -0.39 is 30.4 Å². The van der Waals surface area contributed by atoms with Gasteiger partial charge in [-0.15, -0.1) is 6.42 Å². The Balaban J connectivity index is 2.03. The van der Waals surface area contributed by atoms with Crippen LogP contribution in [0.5, 0.6) is 0 Å². The number of amides is 1. The number of primary amides is 1. The van der Waals surface area contributed by atoms with Crippen molar-refractivity contribution in [2.24, 2.45) is 5.73 Å². The van der Waals surface area contributed by atoms with E-state index in [-0.39, 0.29) is 23.7 Å². The van der Waals surface area contributed by atoms with Gasteiger partial charge in [0.1, 0.15) is 12.2 Å². The highest BCUT2D eigenvalue weighted by Gasteiger charge is 2.44. The Morgan fingerprint density at radius 1 is 1.52 bits per heavy atom. The molecule has 1 aliphatic rings. The fraction of sp³-hybridized carbons (Fsp3) is 0.429. The molecule has 11 heteroatoms. The van der Waals surface area contributed by atoms with E-state index >= 15 is 0 Å². The summed E-state index contributed by atoms with van der Waals surface area (Å²) in [6.07, 6.45) is 1.90. The molecule has 3 heterocycles. The Hall–Kier alpha value is -2.78. The number of hydrogen-bond acceptors (Lipinski definition) is 9. The van der Waals surface area contributed by atoms with Crippen molar-refractivity contribution < 1.29 is 24.6 Å². The van der Waals surface area contributed by atoms with E-state index in [1.807, 2.05) is 0 Å². The van der Waals surface area contributed by atoms with Crippen LogP contribution >= 0.6 is 0 Å². The first kappa shape index (κ1) is 17.1. The number of hydrogen-bond donors (Lipinski definition) is 4. The zero-order valence-electron chi connectivity index (χ0n) is 13.2. The van der Waals surface area contributed by atoms with Crippen molar-refractivity contribution in [2.75, 3.05) is 12.6 Å². The molecule has 1 aliphatic heterocycles. The van der Waals surface area contributed by atoms with Gasteiger partial charge in [0, 0.05) is 0 Å². The number of terminal acetylenes is 1. The SMILES string of the molecule is C#Cc1nc(NOC)c2ncn([C@@H]3O[C@@H](CC(N)=O)[C@H](O)[C@H]3O)c2n1. The normalized spacial score (nSPS) is 25.8. The van der Waals surface area contributed by atoms with Crippen molar-refractivity contribution in [3.05, 3.63) is 12.2 Å². The largest absolute Gasteiger partial charge is 0.388 e. The predicted octanol–water partition coefficient (Wildman–Crippen LogP) is -1.72. The number of aliphatic hydroxyl groups is 2. The lowest BCUT2D eigenvalue weighted by molar-refractivity contribution is -0.122. The Bertz CT molecular complexity index is 846. The standard InChI is InChI=1S/C14H16N6O5/c1-3-8-17-12(19-24-2)9-13(18-8)20(5-16-9)14-11(23)10(22)6(25-14)4-7(15)21/h1,5-6,10-11,14,22-23H,4H2,2H3,(H2,15,21)(H,17,18,19)/t6-,10-,11+,14+/m0/s1. The highest BCUT2D eigenvalue weighted by molar-refractivity contribution is 5.83. The first-order chi connectivity index (χ1) is 12.0. The molecule has 0 aromatic carbocycles. The van der Waals surface area contributed by atoms with Crippen molar-refractivity contribution in [3.63, 3.8) is 0 Å². The molecule has 0 bridgehead atoms. The van der Waals surface area contributed by atoms with Gasteiger partial charge in [-0.2, -0.15) is 4.98 Å². The van der Waals surface area contributed by atoms with Gasteiger partial charge in [0.05, 0.1) is 26.0 Å². The van der Waals surface area contributed by atoms with Crippen LogP contribution in [0, 0.1) is 12.3 Å². The van der Waals surface area contributed by atoms with Gasteiger partial charge in [0.2, 0.25) is 11.7 Å². The fourth-order valence-corrected chi connectivity index (χ4v) is 2.66. The van der Waals surface area contributed by atoms with E-state index in [9.17, 15) is 15.0 Å². The number of nitrogens with one attached hydrogen (secondary N) is 1. The Morgan fingerprint density at radius 3 is 2.92 bits per heavy atom. The van der Waals surface area contributed by atoms with E-state index in [4.69, 9.17) is 21.7 Å². The number of aromatic nitrogens is 4. The summed E-state index contributed by atoms with van der Waals surface area (Å²) in [6.45, 7) is 0. The van der Waals surface area contributed by atoms with Crippen LogP contribution in [0.2, 0.25) is 0 Å². The number of nitrogens with two attached hydrogens (primary N) is 1. The van der Waals surface area contributed by atoms with Crippen molar-refractivity contribution >= 4 is 22.9 Å². The minimum atomic E-state index is -1.31. The maximum Gasteiger partial charge on any atom is 0.220 e. The summed E-state index contributed by atoms with van der Waals surface area (Å²) in [7, 11) is 1.40. The third kappa shape index (κ3) is 2.99. The lowest BCUT2D eigenvalue weighted by Crippen LogP contribution is -2.33. The van der Waals surface area contributed by atoms with Crippen molar-refractivity contribution in [2.45, 2.75) is 31.0 Å². The summed E-state index contributed by atoms with van der Waals surface area (Å²) in [5.74, 6) is 1.95. The van der Waals surface area contributed by atoms with Crippen LogP contribution in [0.25, 0.3) is 11.2 Å². The molecule has 0 aliphatic carbocycles. The molecule has 1 saturated heterocycles. The third-order valence-electron chi connectivity index (χ3n) is 3.76. The number of carbonyl (C=O) groups excluding carboxylic acids is 1. The number of ether oxygens (including phenoxy) is 1. The van der Waals surface area contributed by atoms with Gasteiger partial charge in [-0.25, -0.2) is 15.4 Å². The second kappa shape index (κ2) is 6.61. The molecular formula is C14H16N6O5. The van der Waals surface area contributed by atoms with E-state index in [0.717, 1.165) is 0 Å². The molecule has 0 radical (unpaired) electrons. The van der Waals surface area contributed by atoms with Gasteiger partial charge in [0.15, 0.2) is 23.2 Å². The molecule has 1 fully saturated rings. The highest BCUT2D eigenvalue weighted by Crippen LogP contribution is 2.33. The van der Waals surface area contributed by atoms with E-state index in [2.05, 4.69) is 26.4 Å². The molecule has 0 spiro atoms. The van der Waals surface area contributed by atoms with Gasteiger partial charge in [-0.1, -0.05) is 0 Å². The monoisotopic (exact) mass is 348 g/mol. The molecular weight excluding hydrogens is 332 g/mol. The Labute approximate surface area is 141 Å². The van der Waals surface area contributed by atoms with Crippen molar-refractivity contribution in [1.29, 1.82) is 0 Å². The number of carbonyl (C=O) groups is 1. The van der Waals surface area contributed by atoms with Crippen LogP contribution in [-0.2, 0) is 14.4 Å². The molecule has 5 N–H and O–H groups in total. The Morgan fingerprint density at radius 2 is 2.28 bits per heavy atom. The zero-order valence-corrected chi connectivity index (χ0v) is 13.2. The van der Waals surface area contributed by atoms with Crippen LogP contribution in [0.1, 0.15) is 18.5 Å². The maximum atomic E-state index is 11.1. The summed E-state index contributed by atoms with van der Waals surface area (Å²) >= 11 is 0. The highest BCUT2D eigenvalue weighted by atomic mass is 16.6. The predicted molar refractivity (Wildman–Crippen MR) is 83.6 cm³/mol. The van der Waals surface area contributed by atoms with Crippen LogP contribution in [0.15, 0.2) is 6.33 Å². The summed E-state index contributed by atoms with van der Waals surface area (Å²) in [6, 6.07) is 0. The molecule has 11 nitrogen and oxygen atoms in total. The molecule has 132 valence electrons. The Kier molecular flexibility index (Phi) is 4.51. The lowest BCUT2D eigenvalue weighted by Gasteiger charge is -2.16. The number of aliphatic hydroxyl groups excluding tert-OH is 2. The van der Waals surface area contributed by atoms with Gasteiger partial charge in [-0.05, 0) is 5.92 Å². The molecule has 1 amide bonds. The van der Waals surface area contributed by atoms with Crippen LogP contribution in [-0.4, -0.2) is 61.1 Å². The topological polar surface area (TPSA) is 158 Å². The summed E-state index contributed by atoms with van der Waals surface area (Å²) < 4.78 is 6.98. The first-order valence-corrected chi connectivity index (χ1v) is 7.26. The minimum Gasteiger partial charge on any atom is -0.388 e. The number of nitrogens with zero attached hydrogens (tertiary/aromatic N) is 4. The van der Waals surface area contributed by atoms with Crippen LogP contribution in [0.4, 0.5) is 5.82 Å². The molecule has 0 unspecified atom stereocenters. The number of anilines is 1. The summed E-state index contributed by atoms with van der Waals surface area (Å²) in [4.78, 5) is 28.3. The quantitative estimate of drug-likeness (QED) is 0.364. The van der Waals surface area contributed by atoms with Crippen molar-refractivity contribution in [3.8, 4) is 12.3 Å². The molecule has 25 heavy (non-hydrogen) atoms. The first-order valence-electron chi connectivity index (χ1n) is 7.26. The number of imidazole rings is 1. The summed E-state index contributed by atoms with van der Waals surface area (Å²) in [5, 5.41) is 20.3. The van der Waals surface area contributed by atoms with Gasteiger partial charge in [-0.3, -0.25) is 14.2 Å². The van der Waals surface area contributed by atoms with E-state index in [0.29, 0.717) is 5.52 Å². The van der Waals surface area contributed by atoms with Gasteiger partial charge < -0.3 is 20.7 Å².